The van der Waals surface area contributed by atoms with E-state index >= 15 is 0 Å². The number of hydrogen-bond acceptors (Lipinski definition) is 8. The quantitative estimate of drug-likeness (QED) is 0.200. The van der Waals surface area contributed by atoms with E-state index in [4.69, 9.17) is 9.47 Å². The number of benzene rings is 3. The lowest BCUT2D eigenvalue weighted by molar-refractivity contribution is -0.166. The number of piperidine rings is 1. The summed E-state index contributed by atoms with van der Waals surface area (Å²) < 4.78 is 48.3. The summed E-state index contributed by atoms with van der Waals surface area (Å²) in [5.41, 5.74) is 0.180. The fourth-order valence-corrected chi connectivity index (χ4v) is 5.89. The third kappa shape index (κ3) is 12.9. The number of esters is 2. The van der Waals surface area contributed by atoms with E-state index in [9.17, 15) is 47.4 Å². The number of aliphatic carboxylic acids is 2. The Balaban J connectivity index is 0.000000291. The van der Waals surface area contributed by atoms with Crippen LogP contribution < -0.4 is 0 Å². The van der Waals surface area contributed by atoms with E-state index in [2.05, 4.69) is 18.7 Å². The second-order valence-electron chi connectivity index (χ2n) is 13.0. The van der Waals surface area contributed by atoms with Crippen molar-refractivity contribution in [3.63, 3.8) is 0 Å². The number of nitrogens with zero attached hydrogens (tertiary/aromatic N) is 3. The maximum absolute atomic E-state index is 12.9. The smallest absolute Gasteiger partial charge is 0.416 e. The minimum absolute atomic E-state index is 0.0253. The lowest BCUT2D eigenvalue weighted by Gasteiger charge is -2.37. The molecule has 0 aliphatic carbocycles. The van der Waals surface area contributed by atoms with E-state index < -0.39 is 47.8 Å². The van der Waals surface area contributed by atoms with Gasteiger partial charge in [-0.3, -0.25) is 0 Å². The van der Waals surface area contributed by atoms with E-state index in [-0.39, 0.29) is 23.2 Å². The summed E-state index contributed by atoms with van der Waals surface area (Å²) in [5, 5.41) is 18.5. The highest BCUT2D eigenvalue weighted by atomic mass is 19.4. The number of ether oxygens (including phenoxy) is 2. The summed E-state index contributed by atoms with van der Waals surface area (Å²) in [4.78, 5) is 64.7. The maximum Gasteiger partial charge on any atom is 0.416 e. The van der Waals surface area contributed by atoms with Gasteiger partial charge in [0, 0.05) is 39.8 Å². The Kier molecular flexibility index (Phi) is 16.0. The molecule has 2 N–H and O–H groups in total. The van der Waals surface area contributed by atoms with Crippen LogP contribution in [0.25, 0.3) is 0 Å². The van der Waals surface area contributed by atoms with Gasteiger partial charge in [0.1, 0.15) is 0 Å². The number of urea groups is 1. The first-order chi connectivity index (χ1) is 25.5. The highest BCUT2D eigenvalue weighted by Crippen LogP contribution is 2.30. The van der Waals surface area contributed by atoms with Crippen molar-refractivity contribution in [1.82, 2.24) is 14.7 Å². The second-order valence-corrected chi connectivity index (χ2v) is 13.0. The zero-order valence-corrected chi connectivity index (χ0v) is 30.6. The van der Waals surface area contributed by atoms with Crippen LogP contribution in [0, 0.1) is 5.92 Å². The Morgan fingerprint density at radius 3 is 1.69 bits per heavy atom. The van der Waals surface area contributed by atoms with Crippen LogP contribution in [-0.2, 0) is 31.7 Å². The lowest BCUT2D eigenvalue weighted by Crippen LogP contribution is -2.46. The van der Waals surface area contributed by atoms with Crippen molar-refractivity contribution in [2.75, 3.05) is 40.3 Å². The number of halogens is 3. The van der Waals surface area contributed by atoms with Crippen LogP contribution in [-0.4, -0.2) is 113 Å². The van der Waals surface area contributed by atoms with Gasteiger partial charge in [0.05, 0.1) is 16.7 Å². The fourth-order valence-electron chi connectivity index (χ4n) is 5.89. The van der Waals surface area contributed by atoms with Crippen LogP contribution in [0.3, 0.4) is 0 Å². The van der Waals surface area contributed by atoms with Gasteiger partial charge in [0.15, 0.2) is 0 Å². The Labute approximate surface area is 312 Å². The van der Waals surface area contributed by atoms with E-state index in [1.54, 1.807) is 37.2 Å². The monoisotopic (exact) mass is 757 g/mol. The van der Waals surface area contributed by atoms with Gasteiger partial charge < -0.3 is 34.4 Å². The summed E-state index contributed by atoms with van der Waals surface area (Å²) in [5.74, 6) is -5.12. The molecule has 3 aromatic rings. The number of likely N-dealkylation sites (N-methyl/N-ethyl adjacent to an activating group) is 1. The van der Waals surface area contributed by atoms with Gasteiger partial charge >= 0.3 is 36.1 Å². The lowest BCUT2D eigenvalue weighted by atomic mass is 9.95. The number of rotatable bonds is 13. The third-order valence-electron chi connectivity index (χ3n) is 8.82. The molecule has 1 fully saturated rings. The molecule has 292 valence electrons. The zero-order valence-electron chi connectivity index (χ0n) is 30.6. The Hall–Kier alpha value is -5.44. The average molecular weight is 758 g/mol. The average Bonchev–Trinajstić information content (AvgIpc) is 3.15. The normalized spacial score (nSPS) is 14.9. The minimum Gasteiger partial charge on any atom is -0.478 e. The molecular weight excluding hydrogens is 711 g/mol. The van der Waals surface area contributed by atoms with E-state index in [1.165, 1.54) is 60.7 Å². The molecule has 3 aromatic carbocycles. The Bertz CT molecular complexity index is 1630. The number of likely N-dealkylation sites (tertiary alicyclic amines) is 1. The summed E-state index contributed by atoms with van der Waals surface area (Å²) in [6.07, 6.45) is -6.21. The van der Waals surface area contributed by atoms with Crippen molar-refractivity contribution in [3.8, 4) is 0 Å². The summed E-state index contributed by atoms with van der Waals surface area (Å²) in [6.45, 7) is 7.47. The summed E-state index contributed by atoms with van der Waals surface area (Å²) >= 11 is 0. The van der Waals surface area contributed by atoms with Gasteiger partial charge in [-0.25, -0.2) is 24.0 Å². The predicted octanol–water partition coefficient (Wildman–Crippen LogP) is 5.96. The first-order valence-electron chi connectivity index (χ1n) is 17.4. The van der Waals surface area contributed by atoms with Crippen LogP contribution >= 0.6 is 0 Å². The first kappa shape index (κ1) is 43.0. The number of amides is 2. The molecule has 4 rings (SSSR count). The molecule has 2 amide bonds. The van der Waals surface area contributed by atoms with Crippen molar-refractivity contribution < 1.29 is 56.8 Å². The number of carboxylic acid groups (broad SMARTS) is 2. The zero-order chi connectivity index (χ0) is 40.0. The van der Waals surface area contributed by atoms with Gasteiger partial charge in [-0.2, -0.15) is 13.2 Å². The largest absolute Gasteiger partial charge is 0.478 e. The molecule has 12 nitrogen and oxygen atoms in total. The van der Waals surface area contributed by atoms with Crippen LogP contribution in [0.15, 0.2) is 84.9 Å². The van der Waals surface area contributed by atoms with Crippen molar-refractivity contribution in [2.45, 2.75) is 57.5 Å². The van der Waals surface area contributed by atoms with Gasteiger partial charge in [-0.15, -0.1) is 0 Å². The Morgan fingerprint density at radius 2 is 1.28 bits per heavy atom. The topological polar surface area (TPSA) is 154 Å². The van der Waals surface area contributed by atoms with Crippen LogP contribution in [0.2, 0.25) is 0 Å². The molecule has 0 radical (unpaired) electrons. The van der Waals surface area contributed by atoms with Crippen LogP contribution in [0.5, 0.6) is 0 Å². The fraction of sp³-hybridized carbons (Fsp3) is 0.410. The van der Waals surface area contributed by atoms with Gasteiger partial charge in [-0.05, 0) is 74.5 Å². The molecule has 0 saturated carbocycles. The number of hydrogen-bond donors (Lipinski definition) is 2. The van der Waals surface area contributed by atoms with E-state index in [0.717, 1.165) is 45.1 Å². The molecule has 54 heavy (non-hydrogen) atoms. The summed E-state index contributed by atoms with van der Waals surface area (Å²) in [6, 6.07) is 20.7. The standard InChI is InChI=1S/C21H32F3N3O.C18H14O8/c1-5-26(15-17-9-11-27(12-10-17)20(28)25(3)4)16(2)13-18-7-6-8-19(14-18)21(22,23)24;19-15(20)13(25-17(23)11-7-3-1-4-8-11)14(16(21)22)26-18(24)12-9-5-2-6-10-12/h6-8,14,16-17H,5,9-13,15H2,1-4H3;1-10,13-14H,(H,19,20)(H,21,22)/t;13-,14-/m.1/s1. The summed E-state index contributed by atoms with van der Waals surface area (Å²) in [7, 11) is 3.53. The van der Waals surface area contributed by atoms with Crippen LogP contribution in [0.4, 0.5) is 18.0 Å². The highest BCUT2D eigenvalue weighted by Gasteiger charge is 2.41. The Morgan fingerprint density at radius 1 is 0.796 bits per heavy atom. The highest BCUT2D eigenvalue weighted by molar-refractivity contribution is 5.95. The molecule has 15 heteroatoms. The van der Waals surface area contributed by atoms with Gasteiger partial charge in [-0.1, -0.05) is 61.5 Å². The SMILES string of the molecule is CCN(CC1CCN(C(=O)N(C)C)CC1)C(C)Cc1cccc(C(F)(F)F)c1.O=C(O[C@@H](C(=O)O)[C@@H](OC(=O)c1ccccc1)C(=O)O)c1ccccc1. The molecule has 1 aliphatic rings. The van der Waals surface area contributed by atoms with Crippen LogP contribution in [0.1, 0.15) is 58.5 Å². The number of carbonyl (C=O) groups is 5. The van der Waals surface area contributed by atoms with Gasteiger partial charge in [0.2, 0.25) is 12.2 Å². The first-order valence-corrected chi connectivity index (χ1v) is 17.4. The number of carbonyl (C=O) groups excluding carboxylic acids is 3. The second kappa shape index (κ2) is 20.1. The molecule has 1 heterocycles. The van der Waals surface area contributed by atoms with E-state index in [1.807, 2.05) is 4.90 Å². The molecule has 0 spiro atoms. The van der Waals surface area contributed by atoms with Crippen molar-refractivity contribution in [3.05, 3.63) is 107 Å². The van der Waals surface area contributed by atoms with Gasteiger partial charge in [0.25, 0.3) is 0 Å². The maximum atomic E-state index is 12.9. The number of carboxylic acids is 2. The molecule has 1 unspecified atom stereocenters. The molecule has 0 aromatic heterocycles. The minimum atomic E-state index is -4.30. The molecule has 1 aliphatic heterocycles. The molecule has 0 bridgehead atoms. The predicted molar refractivity (Wildman–Crippen MR) is 192 cm³/mol. The molecular formula is C39H46F3N3O9. The van der Waals surface area contributed by atoms with E-state index in [0.29, 0.717) is 17.9 Å². The van der Waals surface area contributed by atoms with Crippen molar-refractivity contribution in [1.29, 1.82) is 0 Å². The van der Waals surface area contributed by atoms with Crippen molar-refractivity contribution >= 4 is 29.9 Å². The molecule has 1 saturated heterocycles. The number of alkyl halides is 3. The van der Waals surface area contributed by atoms with Crippen molar-refractivity contribution in [2.24, 2.45) is 5.92 Å². The third-order valence-corrected chi connectivity index (χ3v) is 8.82. The molecule has 3 atom stereocenters.